The number of rotatable bonds is 6. The highest BCUT2D eigenvalue weighted by Gasteiger charge is 2.84. The third-order valence-corrected chi connectivity index (χ3v) is 16.8. The van der Waals surface area contributed by atoms with Crippen molar-refractivity contribution >= 4 is 5.91 Å². The van der Waals surface area contributed by atoms with Crippen LogP contribution in [0.15, 0.2) is 0 Å². The molecule has 8 aliphatic rings. The van der Waals surface area contributed by atoms with Crippen molar-refractivity contribution in [2.75, 3.05) is 32.9 Å². The summed E-state index contributed by atoms with van der Waals surface area (Å²) in [4.78, 5) is 14.7. The van der Waals surface area contributed by atoms with Crippen molar-refractivity contribution in [3.05, 3.63) is 0 Å². The fourth-order valence-electron chi connectivity index (χ4n) is 14.4. The number of aliphatic hydroxyl groups is 2. The molecule has 14 atom stereocenters. The first-order valence-corrected chi connectivity index (χ1v) is 19.4. The number of carbonyl (C=O) groups is 1. The smallest absolute Gasteiger partial charge is 0.217 e. The molecule has 1 unspecified atom stereocenters. The predicted molar refractivity (Wildman–Crippen MR) is 181 cm³/mol. The average molecular weight is 673 g/mol. The van der Waals surface area contributed by atoms with E-state index < -0.39 is 17.7 Å². The summed E-state index contributed by atoms with van der Waals surface area (Å²) < 4.78 is 25.5. The lowest BCUT2D eigenvalue weighted by Crippen LogP contribution is -2.60. The maximum atomic E-state index is 12.6. The van der Waals surface area contributed by atoms with Gasteiger partial charge in [-0.15, -0.1) is 0 Å². The molecule has 8 fully saturated rings. The molecule has 48 heavy (non-hydrogen) atoms. The van der Waals surface area contributed by atoms with Gasteiger partial charge in [-0.05, 0) is 111 Å². The Kier molecular flexibility index (Phi) is 7.93. The third-order valence-electron chi connectivity index (χ3n) is 16.8. The number of hydrogen-bond donors (Lipinski definition) is 3. The summed E-state index contributed by atoms with van der Waals surface area (Å²) in [6.07, 6.45) is 7.86. The Morgan fingerprint density at radius 2 is 1.75 bits per heavy atom. The van der Waals surface area contributed by atoms with Crippen LogP contribution in [-0.4, -0.2) is 102 Å². The van der Waals surface area contributed by atoms with Crippen LogP contribution in [0, 0.1) is 50.7 Å². The monoisotopic (exact) mass is 672 g/mol. The molecule has 5 aliphatic carbocycles. The molecule has 0 radical (unpaired) electrons. The highest BCUT2D eigenvalue weighted by atomic mass is 16.7. The molecule has 3 N–H and O–H groups in total. The molecule has 3 heterocycles. The molecule has 9 nitrogen and oxygen atoms in total. The largest absolute Gasteiger partial charge is 0.390 e. The van der Waals surface area contributed by atoms with Gasteiger partial charge in [0.1, 0.15) is 0 Å². The Hall–Kier alpha value is -0.810. The zero-order valence-electron chi connectivity index (χ0n) is 30.9. The van der Waals surface area contributed by atoms with Crippen LogP contribution in [0.2, 0.25) is 0 Å². The van der Waals surface area contributed by atoms with Gasteiger partial charge in [0, 0.05) is 18.9 Å². The number of ether oxygens (including phenoxy) is 4. The Balaban J connectivity index is 1.03. The van der Waals surface area contributed by atoms with Crippen LogP contribution in [0.5, 0.6) is 0 Å². The van der Waals surface area contributed by atoms with E-state index in [0.29, 0.717) is 29.2 Å². The first-order chi connectivity index (χ1) is 22.5. The second-order valence-corrected chi connectivity index (χ2v) is 19.5. The summed E-state index contributed by atoms with van der Waals surface area (Å²) >= 11 is 0. The van der Waals surface area contributed by atoms with Crippen LogP contribution in [0.3, 0.4) is 0 Å². The van der Waals surface area contributed by atoms with Crippen molar-refractivity contribution in [3.8, 4) is 0 Å². The van der Waals surface area contributed by atoms with Gasteiger partial charge < -0.3 is 34.5 Å². The van der Waals surface area contributed by atoms with Gasteiger partial charge in [-0.3, -0.25) is 9.69 Å². The lowest BCUT2D eigenvalue weighted by atomic mass is 9.41. The highest BCUT2D eigenvalue weighted by molar-refractivity contribution is 5.73. The van der Waals surface area contributed by atoms with Crippen LogP contribution in [-0.2, 0) is 23.7 Å². The Bertz CT molecular complexity index is 1280. The Labute approximate surface area is 288 Å². The molecular formula is C39H64N2O7. The molecular weight excluding hydrogens is 608 g/mol. The SMILES string of the molecule is CC(=O)N[C@@H]([C@H]1C[C@@H](C)[C@H]2[C@H](O1)[C@H](O)[C@@]1(C)[C@@H]3CC[C@H]4C(C)(C)C(O[C@H]5CN(C6COC6)CCO5)CC[C@@]45C[C@@]35CC[C@]21C)C(C)(C)O. The summed E-state index contributed by atoms with van der Waals surface area (Å²) in [5.74, 6) is 1.47. The molecule has 3 aliphatic heterocycles. The van der Waals surface area contributed by atoms with Crippen molar-refractivity contribution < 1.29 is 34.0 Å². The van der Waals surface area contributed by atoms with Gasteiger partial charge in [-0.1, -0.05) is 34.6 Å². The van der Waals surface area contributed by atoms with Gasteiger partial charge in [-0.25, -0.2) is 0 Å². The minimum atomic E-state index is -1.14. The van der Waals surface area contributed by atoms with Crippen LogP contribution < -0.4 is 5.32 Å². The summed E-state index contributed by atoms with van der Waals surface area (Å²) in [7, 11) is 0. The van der Waals surface area contributed by atoms with E-state index in [2.05, 4.69) is 44.8 Å². The van der Waals surface area contributed by atoms with E-state index in [1.54, 1.807) is 13.8 Å². The van der Waals surface area contributed by atoms with Crippen molar-refractivity contribution in [1.29, 1.82) is 0 Å². The first kappa shape index (κ1) is 34.3. The van der Waals surface area contributed by atoms with Crippen molar-refractivity contribution in [3.63, 3.8) is 0 Å². The van der Waals surface area contributed by atoms with E-state index in [-0.39, 0.29) is 58.1 Å². The minimum Gasteiger partial charge on any atom is -0.390 e. The minimum absolute atomic E-state index is 0.0300. The summed E-state index contributed by atoms with van der Waals surface area (Å²) in [5, 5.41) is 26.7. The molecule has 5 saturated carbocycles. The van der Waals surface area contributed by atoms with E-state index in [4.69, 9.17) is 18.9 Å². The lowest BCUT2D eigenvalue weighted by Gasteiger charge is -2.64. The van der Waals surface area contributed by atoms with Gasteiger partial charge in [0.25, 0.3) is 0 Å². The second-order valence-electron chi connectivity index (χ2n) is 19.5. The zero-order chi connectivity index (χ0) is 34.2. The third kappa shape index (κ3) is 4.55. The molecule has 1 amide bonds. The fourth-order valence-corrected chi connectivity index (χ4v) is 14.4. The van der Waals surface area contributed by atoms with Crippen molar-refractivity contribution in [2.24, 2.45) is 50.7 Å². The second kappa shape index (κ2) is 11.1. The van der Waals surface area contributed by atoms with E-state index >= 15 is 0 Å². The van der Waals surface area contributed by atoms with Crippen LogP contribution in [0.1, 0.15) is 107 Å². The lowest BCUT2D eigenvalue weighted by molar-refractivity contribution is -0.256. The van der Waals surface area contributed by atoms with Crippen LogP contribution >= 0.6 is 0 Å². The zero-order valence-corrected chi connectivity index (χ0v) is 30.9. The standard InChI is InChI=1S/C39H64N2O7/c1-22-17-25(32(35(5,6)44)40-23(2)42)47-31-30(22)36(7)13-14-39-21-38(39)12-11-28(48-29-18-41(15-16-46-29)24-19-45-20-24)34(3,4)26(38)9-10-27(39)37(36,8)33(31)43/h22,24-33,43-44H,9-21H2,1-8H3,(H,40,42)/t22-,25-,26+,27+,28?,29+,30+,31+,32+,33+,36-,37-,38-,39+/m1/s1. The summed E-state index contributed by atoms with van der Waals surface area (Å²) in [5.41, 5.74) is -0.762. The molecule has 9 heteroatoms. The maximum Gasteiger partial charge on any atom is 0.217 e. The molecule has 2 spiro atoms. The maximum absolute atomic E-state index is 12.6. The molecule has 0 aromatic carbocycles. The fraction of sp³-hybridized carbons (Fsp3) is 0.974. The van der Waals surface area contributed by atoms with E-state index in [0.717, 1.165) is 58.6 Å². The summed E-state index contributed by atoms with van der Waals surface area (Å²) in [6.45, 7) is 21.4. The van der Waals surface area contributed by atoms with Crippen LogP contribution in [0.25, 0.3) is 0 Å². The number of aliphatic hydroxyl groups excluding tert-OH is 1. The highest BCUT2D eigenvalue weighted by Crippen LogP contribution is 2.89. The van der Waals surface area contributed by atoms with Gasteiger partial charge in [-0.2, -0.15) is 0 Å². The Morgan fingerprint density at radius 3 is 2.42 bits per heavy atom. The van der Waals surface area contributed by atoms with Gasteiger partial charge in [0.2, 0.25) is 5.91 Å². The average Bonchev–Trinajstić information content (AvgIpc) is 3.61. The first-order valence-electron chi connectivity index (χ1n) is 19.4. The normalized spacial score (nSPS) is 52.1. The van der Waals surface area contributed by atoms with E-state index in [1.807, 2.05) is 0 Å². The van der Waals surface area contributed by atoms with E-state index in [9.17, 15) is 15.0 Å². The number of morpholine rings is 1. The molecule has 272 valence electrons. The van der Waals surface area contributed by atoms with Crippen molar-refractivity contribution in [2.45, 2.75) is 155 Å². The number of fused-ring (bicyclic) bond motifs is 4. The molecule has 0 aromatic rings. The molecule has 8 rings (SSSR count). The van der Waals surface area contributed by atoms with Gasteiger partial charge in [0.05, 0.1) is 68.5 Å². The quantitative estimate of drug-likeness (QED) is 0.378. The number of hydrogen-bond acceptors (Lipinski definition) is 8. The number of carbonyl (C=O) groups excluding carboxylic acids is 1. The number of amides is 1. The van der Waals surface area contributed by atoms with E-state index in [1.165, 1.54) is 32.6 Å². The molecule has 3 saturated heterocycles. The number of nitrogens with one attached hydrogen (secondary N) is 1. The Morgan fingerprint density at radius 1 is 1.04 bits per heavy atom. The van der Waals surface area contributed by atoms with Crippen LogP contribution in [0.4, 0.5) is 0 Å². The van der Waals surface area contributed by atoms with Gasteiger partial charge in [0.15, 0.2) is 6.29 Å². The summed E-state index contributed by atoms with van der Waals surface area (Å²) in [6, 6.07) is -0.0203. The topological polar surface area (TPSA) is 110 Å². The number of nitrogens with zero attached hydrogens (tertiary/aromatic N) is 1. The molecule has 0 aromatic heterocycles. The van der Waals surface area contributed by atoms with Crippen molar-refractivity contribution in [1.82, 2.24) is 10.2 Å². The van der Waals surface area contributed by atoms with Gasteiger partial charge >= 0.3 is 0 Å². The molecule has 0 bridgehead atoms. The predicted octanol–water partition coefficient (Wildman–Crippen LogP) is 4.52.